The number of benzene rings is 1. The van der Waals surface area contributed by atoms with Crippen LogP contribution in [0.1, 0.15) is 13.8 Å². The van der Waals surface area contributed by atoms with Crippen LogP contribution in [0.3, 0.4) is 0 Å². The number of hydrogen-bond acceptors (Lipinski definition) is 3. The van der Waals surface area contributed by atoms with Crippen LogP contribution < -0.4 is 5.32 Å². The Kier molecular flexibility index (Phi) is 6.68. The van der Waals surface area contributed by atoms with E-state index in [9.17, 15) is 4.39 Å². The van der Waals surface area contributed by atoms with Gasteiger partial charge in [0.1, 0.15) is 5.82 Å². The maximum atomic E-state index is 12.7. The zero-order valence-corrected chi connectivity index (χ0v) is 11.4. The summed E-state index contributed by atoms with van der Waals surface area (Å²) in [5.41, 5.74) is 0.951. The topological polar surface area (TPSA) is 24.5 Å². The first-order valence-corrected chi connectivity index (χ1v) is 6.36. The second-order valence-electron chi connectivity index (χ2n) is 4.56. The lowest BCUT2D eigenvalue weighted by Gasteiger charge is -2.26. The molecule has 1 aromatic rings. The molecule has 0 aliphatic rings. The fourth-order valence-corrected chi connectivity index (χ4v) is 1.75. The van der Waals surface area contributed by atoms with E-state index in [0.29, 0.717) is 6.04 Å². The number of nitrogens with one attached hydrogen (secondary N) is 1. The van der Waals surface area contributed by atoms with Gasteiger partial charge in [0.25, 0.3) is 0 Å². The van der Waals surface area contributed by atoms with E-state index >= 15 is 0 Å². The molecule has 0 aliphatic carbocycles. The Morgan fingerprint density at radius 3 is 2.44 bits per heavy atom. The summed E-state index contributed by atoms with van der Waals surface area (Å²) in [5, 5.41) is 3.28. The van der Waals surface area contributed by atoms with Crippen molar-refractivity contribution >= 4 is 5.69 Å². The van der Waals surface area contributed by atoms with Gasteiger partial charge in [-0.15, -0.1) is 0 Å². The van der Waals surface area contributed by atoms with Gasteiger partial charge < -0.3 is 10.1 Å². The second-order valence-corrected chi connectivity index (χ2v) is 4.56. The summed E-state index contributed by atoms with van der Waals surface area (Å²) in [5.74, 6) is -0.204. The average Bonchev–Trinajstić information content (AvgIpc) is 2.35. The first-order valence-electron chi connectivity index (χ1n) is 6.36. The molecule has 4 heteroatoms. The Hall–Kier alpha value is -1.13. The monoisotopic (exact) mass is 254 g/mol. The summed E-state index contributed by atoms with van der Waals surface area (Å²) in [4.78, 5) is 2.35. The molecule has 0 unspecified atom stereocenters. The van der Waals surface area contributed by atoms with Crippen LogP contribution >= 0.6 is 0 Å². The third-order valence-electron chi connectivity index (χ3n) is 2.89. The van der Waals surface area contributed by atoms with Crippen molar-refractivity contribution in [3.63, 3.8) is 0 Å². The van der Waals surface area contributed by atoms with Gasteiger partial charge in [0.2, 0.25) is 0 Å². The molecule has 0 saturated heterocycles. The molecule has 1 rings (SSSR count). The van der Waals surface area contributed by atoms with Crippen LogP contribution in [0.2, 0.25) is 0 Å². The van der Waals surface area contributed by atoms with Crippen molar-refractivity contribution in [2.24, 2.45) is 0 Å². The predicted molar refractivity (Wildman–Crippen MR) is 73.5 cm³/mol. The standard InChI is InChI=1S/C14H23FN2O/c1-12(2)17(10-11-18-3)9-8-16-14-6-4-13(15)5-7-14/h4-7,12,16H,8-11H2,1-3H3. The lowest BCUT2D eigenvalue weighted by Crippen LogP contribution is -2.37. The van der Waals surface area contributed by atoms with E-state index in [2.05, 4.69) is 24.1 Å². The lowest BCUT2D eigenvalue weighted by molar-refractivity contribution is 0.132. The molecule has 0 saturated carbocycles. The molecule has 0 bridgehead atoms. The van der Waals surface area contributed by atoms with E-state index < -0.39 is 0 Å². The Labute approximate surface area is 109 Å². The van der Waals surface area contributed by atoms with Gasteiger partial charge in [-0.3, -0.25) is 4.90 Å². The van der Waals surface area contributed by atoms with E-state index in [4.69, 9.17) is 4.74 Å². The molecule has 0 radical (unpaired) electrons. The first kappa shape index (κ1) is 14.9. The molecule has 0 atom stereocenters. The van der Waals surface area contributed by atoms with Crippen LogP contribution in [0.15, 0.2) is 24.3 Å². The normalized spacial score (nSPS) is 11.2. The largest absolute Gasteiger partial charge is 0.384 e. The number of ether oxygens (including phenoxy) is 1. The Bertz CT molecular complexity index is 327. The molecule has 1 N–H and O–H groups in total. The smallest absolute Gasteiger partial charge is 0.123 e. The van der Waals surface area contributed by atoms with Crippen molar-refractivity contribution < 1.29 is 9.13 Å². The van der Waals surface area contributed by atoms with Crippen molar-refractivity contribution in [1.82, 2.24) is 4.90 Å². The molecule has 0 spiro atoms. The number of hydrogen-bond donors (Lipinski definition) is 1. The SMILES string of the molecule is COCCN(CCNc1ccc(F)cc1)C(C)C. The minimum absolute atomic E-state index is 0.204. The summed E-state index contributed by atoms with van der Waals surface area (Å²) in [6.07, 6.45) is 0. The van der Waals surface area contributed by atoms with Crippen LogP contribution in [0.4, 0.5) is 10.1 Å². The Morgan fingerprint density at radius 1 is 1.22 bits per heavy atom. The zero-order valence-electron chi connectivity index (χ0n) is 11.4. The molecular formula is C14H23FN2O. The Balaban J connectivity index is 2.31. The average molecular weight is 254 g/mol. The summed E-state index contributed by atoms with van der Waals surface area (Å²) in [7, 11) is 1.72. The number of methoxy groups -OCH3 is 1. The van der Waals surface area contributed by atoms with E-state index in [1.165, 1.54) is 12.1 Å². The van der Waals surface area contributed by atoms with Gasteiger partial charge in [0.15, 0.2) is 0 Å². The van der Waals surface area contributed by atoms with Crippen molar-refractivity contribution in [2.45, 2.75) is 19.9 Å². The second kappa shape index (κ2) is 8.06. The fourth-order valence-electron chi connectivity index (χ4n) is 1.75. The molecule has 0 aromatic heterocycles. The summed E-state index contributed by atoms with van der Waals surface area (Å²) in [6, 6.07) is 6.94. The van der Waals surface area contributed by atoms with Crippen LogP contribution in [0.25, 0.3) is 0 Å². The predicted octanol–water partition coefficient (Wildman–Crippen LogP) is 2.59. The molecular weight excluding hydrogens is 231 g/mol. The van der Waals surface area contributed by atoms with E-state index in [1.54, 1.807) is 19.2 Å². The number of anilines is 1. The third kappa shape index (κ3) is 5.47. The summed E-state index contributed by atoms with van der Waals surface area (Å²) in [6.45, 7) is 7.81. The Morgan fingerprint density at radius 2 is 1.89 bits per heavy atom. The molecule has 3 nitrogen and oxygen atoms in total. The molecule has 0 heterocycles. The van der Waals surface area contributed by atoms with Crippen molar-refractivity contribution in [2.75, 3.05) is 38.7 Å². The van der Waals surface area contributed by atoms with Gasteiger partial charge in [0, 0.05) is 38.5 Å². The minimum atomic E-state index is -0.204. The quantitative estimate of drug-likeness (QED) is 0.771. The zero-order chi connectivity index (χ0) is 13.4. The molecule has 0 fully saturated rings. The number of rotatable bonds is 8. The highest BCUT2D eigenvalue weighted by atomic mass is 19.1. The third-order valence-corrected chi connectivity index (χ3v) is 2.89. The summed E-state index contributed by atoms with van der Waals surface area (Å²) >= 11 is 0. The number of nitrogens with zero attached hydrogens (tertiary/aromatic N) is 1. The van der Waals surface area contributed by atoms with Crippen LogP contribution in [0, 0.1) is 5.82 Å². The van der Waals surface area contributed by atoms with E-state index in [-0.39, 0.29) is 5.82 Å². The van der Waals surface area contributed by atoms with Gasteiger partial charge in [-0.1, -0.05) is 0 Å². The fraction of sp³-hybridized carbons (Fsp3) is 0.571. The van der Waals surface area contributed by atoms with Crippen molar-refractivity contribution in [3.8, 4) is 0 Å². The van der Waals surface area contributed by atoms with Crippen molar-refractivity contribution in [3.05, 3.63) is 30.1 Å². The molecule has 18 heavy (non-hydrogen) atoms. The van der Waals surface area contributed by atoms with E-state index in [1.807, 2.05) is 0 Å². The molecule has 102 valence electrons. The van der Waals surface area contributed by atoms with Crippen molar-refractivity contribution in [1.29, 1.82) is 0 Å². The van der Waals surface area contributed by atoms with Crippen LogP contribution in [-0.2, 0) is 4.74 Å². The first-order chi connectivity index (χ1) is 8.63. The highest BCUT2D eigenvalue weighted by Crippen LogP contribution is 2.08. The maximum absolute atomic E-state index is 12.7. The van der Waals surface area contributed by atoms with Gasteiger partial charge in [-0.2, -0.15) is 0 Å². The van der Waals surface area contributed by atoms with E-state index in [0.717, 1.165) is 31.9 Å². The van der Waals surface area contributed by atoms with Gasteiger partial charge in [0.05, 0.1) is 6.61 Å². The maximum Gasteiger partial charge on any atom is 0.123 e. The van der Waals surface area contributed by atoms with Gasteiger partial charge in [-0.05, 0) is 38.1 Å². The van der Waals surface area contributed by atoms with Crippen LogP contribution in [0.5, 0.6) is 0 Å². The molecule has 1 aromatic carbocycles. The van der Waals surface area contributed by atoms with Crippen LogP contribution in [-0.4, -0.2) is 44.3 Å². The highest BCUT2D eigenvalue weighted by Gasteiger charge is 2.08. The molecule has 0 amide bonds. The molecule has 0 aliphatic heterocycles. The van der Waals surface area contributed by atoms with Gasteiger partial charge >= 0.3 is 0 Å². The lowest BCUT2D eigenvalue weighted by atomic mass is 10.3. The number of halogens is 1. The highest BCUT2D eigenvalue weighted by molar-refractivity contribution is 5.42. The summed E-state index contributed by atoms with van der Waals surface area (Å²) < 4.78 is 17.8. The van der Waals surface area contributed by atoms with Gasteiger partial charge in [-0.25, -0.2) is 4.39 Å². The minimum Gasteiger partial charge on any atom is -0.384 e.